The van der Waals surface area contributed by atoms with Crippen molar-refractivity contribution in [2.75, 3.05) is 0 Å². The van der Waals surface area contributed by atoms with E-state index in [0.29, 0.717) is 0 Å². The lowest BCUT2D eigenvalue weighted by molar-refractivity contribution is 0.692. The second-order valence-corrected chi connectivity index (χ2v) is 4.39. The van der Waals surface area contributed by atoms with Crippen LogP contribution in [-0.4, -0.2) is 9.97 Å². The fraction of sp³-hybridized carbons (Fsp3) is 0.273. The van der Waals surface area contributed by atoms with Crippen LogP contribution in [0, 0.1) is 6.92 Å². The Morgan fingerprint density at radius 2 is 2.33 bits per heavy atom. The largest absolute Gasteiger partial charge is 0.322 e. The predicted octanol–water partition coefficient (Wildman–Crippen LogP) is 2.09. The Bertz CT molecular complexity index is 424. The number of pyridine rings is 1. The Balaban J connectivity index is 2.07. The number of thiazole rings is 1. The first-order valence-corrected chi connectivity index (χ1v) is 5.71. The van der Waals surface area contributed by atoms with Crippen LogP contribution in [0.15, 0.2) is 29.8 Å². The second kappa shape index (κ2) is 4.51. The molecule has 4 heteroatoms. The van der Waals surface area contributed by atoms with Crippen LogP contribution in [0.3, 0.4) is 0 Å². The lowest BCUT2D eigenvalue weighted by Gasteiger charge is -2.08. The molecule has 2 rings (SSSR count). The summed E-state index contributed by atoms with van der Waals surface area (Å²) in [6.45, 7) is 1.99. The SMILES string of the molecule is Cc1csc(CC(N)c2ccccn2)n1. The van der Waals surface area contributed by atoms with Gasteiger partial charge >= 0.3 is 0 Å². The molecule has 0 aliphatic heterocycles. The molecule has 2 heterocycles. The summed E-state index contributed by atoms with van der Waals surface area (Å²) in [5, 5.41) is 3.12. The van der Waals surface area contributed by atoms with E-state index in [2.05, 4.69) is 9.97 Å². The normalized spacial score (nSPS) is 12.7. The van der Waals surface area contributed by atoms with E-state index in [4.69, 9.17) is 5.73 Å². The molecular formula is C11H13N3S. The van der Waals surface area contributed by atoms with E-state index in [1.54, 1.807) is 17.5 Å². The van der Waals surface area contributed by atoms with Gasteiger partial charge in [-0.2, -0.15) is 0 Å². The van der Waals surface area contributed by atoms with E-state index >= 15 is 0 Å². The quantitative estimate of drug-likeness (QED) is 0.860. The van der Waals surface area contributed by atoms with Gasteiger partial charge in [-0.1, -0.05) is 6.07 Å². The van der Waals surface area contributed by atoms with Gasteiger partial charge in [0.05, 0.1) is 16.7 Å². The summed E-state index contributed by atoms with van der Waals surface area (Å²) in [4.78, 5) is 8.62. The molecule has 1 unspecified atom stereocenters. The Kier molecular flexibility index (Phi) is 3.08. The number of nitrogens with zero attached hydrogens (tertiary/aromatic N) is 2. The number of hydrogen-bond donors (Lipinski definition) is 1. The van der Waals surface area contributed by atoms with Gasteiger partial charge in [-0.25, -0.2) is 4.98 Å². The molecule has 2 N–H and O–H groups in total. The summed E-state index contributed by atoms with van der Waals surface area (Å²) in [5.41, 5.74) is 8.02. The molecule has 0 spiro atoms. The Morgan fingerprint density at radius 1 is 1.47 bits per heavy atom. The predicted molar refractivity (Wildman–Crippen MR) is 61.7 cm³/mol. The summed E-state index contributed by atoms with van der Waals surface area (Å²) >= 11 is 1.65. The van der Waals surface area contributed by atoms with E-state index in [1.165, 1.54) is 0 Å². The number of hydrogen-bond acceptors (Lipinski definition) is 4. The van der Waals surface area contributed by atoms with Crippen molar-refractivity contribution in [1.82, 2.24) is 9.97 Å². The van der Waals surface area contributed by atoms with Gasteiger partial charge in [0.1, 0.15) is 0 Å². The summed E-state index contributed by atoms with van der Waals surface area (Å²) in [6, 6.07) is 5.74. The van der Waals surface area contributed by atoms with Crippen LogP contribution in [0.2, 0.25) is 0 Å². The van der Waals surface area contributed by atoms with Gasteiger partial charge in [-0.3, -0.25) is 4.98 Å². The summed E-state index contributed by atoms with van der Waals surface area (Å²) < 4.78 is 0. The van der Waals surface area contributed by atoms with Crippen LogP contribution in [0.1, 0.15) is 22.4 Å². The molecule has 0 fully saturated rings. The van der Waals surface area contributed by atoms with Gasteiger partial charge in [0, 0.05) is 23.7 Å². The molecule has 0 bridgehead atoms. The van der Waals surface area contributed by atoms with Crippen molar-refractivity contribution in [1.29, 1.82) is 0 Å². The van der Waals surface area contributed by atoms with Crippen molar-refractivity contribution in [3.63, 3.8) is 0 Å². The number of nitrogens with two attached hydrogens (primary N) is 1. The third-order valence-electron chi connectivity index (χ3n) is 2.13. The maximum Gasteiger partial charge on any atom is 0.0947 e. The van der Waals surface area contributed by atoms with Crippen molar-refractivity contribution in [2.24, 2.45) is 5.73 Å². The van der Waals surface area contributed by atoms with Crippen molar-refractivity contribution in [3.8, 4) is 0 Å². The van der Waals surface area contributed by atoms with Crippen molar-refractivity contribution < 1.29 is 0 Å². The first kappa shape index (κ1) is 10.3. The highest BCUT2D eigenvalue weighted by Crippen LogP contribution is 2.16. The molecule has 0 amide bonds. The van der Waals surface area contributed by atoms with Crippen LogP contribution in [0.25, 0.3) is 0 Å². The van der Waals surface area contributed by atoms with Gasteiger partial charge in [0.15, 0.2) is 0 Å². The average molecular weight is 219 g/mol. The molecule has 0 saturated heterocycles. The summed E-state index contributed by atoms with van der Waals surface area (Å²) in [5.74, 6) is 0. The smallest absolute Gasteiger partial charge is 0.0947 e. The molecule has 0 aromatic carbocycles. The highest BCUT2D eigenvalue weighted by Gasteiger charge is 2.09. The molecule has 78 valence electrons. The lowest BCUT2D eigenvalue weighted by Crippen LogP contribution is -2.14. The van der Waals surface area contributed by atoms with Gasteiger partial charge in [0.2, 0.25) is 0 Å². The van der Waals surface area contributed by atoms with Crippen LogP contribution in [0.4, 0.5) is 0 Å². The number of rotatable bonds is 3. The van der Waals surface area contributed by atoms with Crippen LogP contribution in [-0.2, 0) is 6.42 Å². The summed E-state index contributed by atoms with van der Waals surface area (Å²) in [6.07, 6.45) is 2.53. The van der Waals surface area contributed by atoms with Crippen LogP contribution >= 0.6 is 11.3 Å². The minimum Gasteiger partial charge on any atom is -0.322 e. The zero-order valence-corrected chi connectivity index (χ0v) is 9.37. The second-order valence-electron chi connectivity index (χ2n) is 3.45. The molecule has 0 radical (unpaired) electrons. The zero-order valence-electron chi connectivity index (χ0n) is 8.55. The van der Waals surface area contributed by atoms with E-state index in [1.807, 2.05) is 30.5 Å². The third kappa shape index (κ3) is 2.61. The monoisotopic (exact) mass is 219 g/mol. The van der Waals surface area contributed by atoms with E-state index in [9.17, 15) is 0 Å². The standard InChI is InChI=1S/C11H13N3S/c1-8-7-15-11(14-8)6-9(12)10-4-2-3-5-13-10/h2-5,7,9H,6,12H2,1H3. The number of aryl methyl sites for hydroxylation is 1. The van der Waals surface area contributed by atoms with E-state index in [-0.39, 0.29) is 6.04 Å². The van der Waals surface area contributed by atoms with Gasteiger partial charge in [-0.15, -0.1) is 11.3 Å². The van der Waals surface area contributed by atoms with Crippen molar-refractivity contribution in [3.05, 3.63) is 46.2 Å². The highest BCUT2D eigenvalue weighted by molar-refractivity contribution is 7.09. The van der Waals surface area contributed by atoms with Crippen LogP contribution in [0.5, 0.6) is 0 Å². The maximum absolute atomic E-state index is 6.04. The number of aromatic nitrogens is 2. The lowest BCUT2D eigenvalue weighted by atomic mass is 10.1. The topological polar surface area (TPSA) is 51.8 Å². The Morgan fingerprint density at radius 3 is 2.93 bits per heavy atom. The minimum absolute atomic E-state index is 0.0586. The van der Waals surface area contributed by atoms with E-state index < -0.39 is 0 Å². The van der Waals surface area contributed by atoms with Crippen LogP contribution < -0.4 is 5.73 Å². The first-order chi connectivity index (χ1) is 7.25. The third-order valence-corrected chi connectivity index (χ3v) is 3.12. The molecule has 3 nitrogen and oxygen atoms in total. The first-order valence-electron chi connectivity index (χ1n) is 4.83. The molecular weight excluding hydrogens is 206 g/mol. The van der Waals surface area contributed by atoms with Crippen molar-refractivity contribution >= 4 is 11.3 Å². The van der Waals surface area contributed by atoms with Gasteiger partial charge < -0.3 is 5.73 Å². The fourth-order valence-electron chi connectivity index (χ4n) is 1.38. The maximum atomic E-state index is 6.04. The Hall–Kier alpha value is -1.26. The highest BCUT2D eigenvalue weighted by atomic mass is 32.1. The van der Waals surface area contributed by atoms with Gasteiger partial charge in [0.25, 0.3) is 0 Å². The zero-order chi connectivity index (χ0) is 10.7. The van der Waals surface area contributed by atoms with Gasteiger partial charge in [-0.05, 0) is 19.1 Å². The van der Waals surface area contributed by atoms with E-state index in [0.717, 1.165) is 22.8 Å². The molecule has 0 saturated carbocycles. The molecule has 2 aromatic heterocycles. The molecule has 15 heavy (non-hydrogen) atoms. The minimum atomic E-state index is -0.0586. The fourth-order valence-corrected chi connectivity index (χ4v) is 2.22. The molecule has 0 aliphatic rings. The Labute approximate surface area is 93.0 Å². The molecule has 1 atom stereocenters. The summed E-state index contributed by atoms with van der Waals surface area (Å²) in [7, 11) is 0. The molecule has 0 aliphatic carbocycles. The average Bonchev–Trinajstić information content (AvgIpc) is 2.65. The molecule has 2 aromatic rings. The van der Waals surface area contributed by atoms with Crippen molar-refractivity contribution in [2.45, 2.75) is 19.4 Å².